The van der Waals surface area contributed by atoms with E-state index in [4.69, 9.17) is 15.7 Å². The molecule has 7 heteroatoms. The van der Waals surface area contributed by atoms with Crippen LogP contribution in [0.5, 0.6) is 0 Å². The van der Waals surface area contributed by atoms with Gasteiger partial charge in [0.05, 0.1) is 11.8 Å². The lowest BCUT2D eigenvalue weighted by atomic mass is 10.1. The second-order valence-corrected chi connectivity index (χ2v) is 5.76. The number of rotatable bonds is 5. The molecule has 1 unspecified atom stereocenters. The molecule has 114 valence electrons. The standard InChI is InChI=1S/C14H18BrN3O3/c15-11-8-9(14(16)18-20)3-5-12(11)17-13(19)6-4-10-2-1-7-21-10/h3,5,8,10,20H,1-2,4,6-7H2,(H2,16,18)(H,17,19). The molecule has 4 N–H and O–H groups in total. The number of amidine groups is 1. The Hall–Kier alpha value is -1.60. The molecule has 1 aromatic carbocycles. The Morgan fingerprint density at radius 3 is 3.00 bits per heavy atom. The van der Waals surface area contributed by atoms with Gasteiger partial charge in [0.2, 0.25) is 5.91 Å². The first-order valence-electron chi connectivity index (χ1n) is 6.79. The third-order valence-electron chi connectivity index (χ3n) is 3.36. The Bertz CT molecular complexity index is 542. The van der Waals surface area contributed by atoms with Gasteiger partial charge in [0.25, 0.3) is 0 Å². The number of oxime groups is 1. The van der Waals surface area contributed by atoms with Gasteiger partial charge in [-0.1, -0.05) is 5.16 Å². The number of nitrogens with two attached hydrogens (primary N) is 1. The Kier molecular flexibility index (Phi) is 5.58. The minimum atomic E-state index is -0.0530. The van der Waals surface area contributed by atoms with Crippen LogP contribution in [0.25, 0.3) is 0 Å². The van der Waals surface area contributed by atoms with E-state index in [1.807, 2.05) is 0 Å². The molecule has 1 amide bonds. The number of carbonyl (C=O) groups excluding carboxylic acids is 1. The number of ether oxygens (including phenoxy) is 1. The molecule has 0 radical (unpaired) electrons. The van der Waals surface area contributed by atoms with E-state index < -0.39 is 0 Å². The highest BCUT2D eigenvalue weighted by Crippen LogP contribution is 2.24. The first kappa shape index (κ1) is 15.8. The maximum atomic E-state index is 11.9. The topological polar surface area (TPSA) is 96.9 Å². The molecule has 21 heavy (non-hydrogen) atoms. The molecule has 0 bridgehead atoms. The van der Waals surface area contributed by atoms with Gasteiger partial charge in [0.1, 0.15) is 0 Å². The number of halogens is 1. The minimum absolute atomic E-state index is 0.0203. The summed E-state index contributed by atoms with van der Waals surface area (Å²) in [6.07, 6.45) is 3.49. The molecule has 0 spiro atoms. The van der Waals surface area contributed by atoms with Crippen LogP contribution in [0.15, 0.2) is 27.8 Å². The van der Waals surface area contributed by atoms with Crippen molar-refractivity contribution in [1.82, 2.24) is 0 Å². The largest absolute Gasteiger partial charge is 0.409 e. The van der Waals surface area contributed by atoms with E-state index in [-0.39, 0.29) is 17.8 Å². The van der Waals surface area contributed by atoms with E-state index in [0.717, 1.165) is 25.9 Å². The number of nitrogens with zero attached hydrogens (tertiary/aromatic N) is 1. The summed E-state index contributed by atoms with van der Waals surface area (Å²) in [6.45, 7) is 0.799. The Morgan fingerprint density at radius 2 is 2.38 bits per heavy atom. The average molecular weight is 356 g/mol. The van der Waals surface area contributed by atoms with E-state index in [1.54, 1.807) is 18.2 Å². The fourth-order valence-electron chi connectivity index (χ4n) is 2.21. The maximum absolute atomic E-state index is 11.9. The number of anilines is 1. The third-order valence-corrected chi connectivity index (χ3v) is 4.02. The number of benzene rings is 1. The average Bonchev–Trinajstić information content (AvgIpc) is 2.99. The molecule has 0 aliphatic carbocycles. The van der Waals surface area contributed by atoms with Gasteiger partial charge in [-0.25, -0.2) is 0 Å². The molecule has 6 nitrogen and oxygen atoms in total. The van der Waals surface area contributed by atoms with Crippen molar-refractivity contribution in [3.63, 3.8) is 0 Å². The molecular weight excluding hydrogens is 338 g/mol. The molecule has 1 heterocycles. The molecular formula is C14H18BrN3O3. The highest BCUT2D eigenvalue weighted by atomic mass is 79.9. The van der Waals surface area contributed by atoms with E-state index in [1.165, 1.54) is 0 Å². The second kappa shape index (κ2) is 7.42. The zero-order valence-corrected chi connectivity index (χ0v) is 13.1. The van der Waals surface area contributed by atoms with Crippen molar-refractivity contribution in [1.29, 1.82) is 0 Å². The van der Waals surface area contributed by atoms with Gasteiger partial charge in [-0.3, -0.25) is 4.79 Å². The molecule has 2 rings (SSSR count). The van der Waals surface area contributed by atoms with Crippen LogP contribution in [0.2, 0.25) is 0 Å². The highest BCUT2D eigenvalue weighted by molar-refractivity contribution is 9.10. The number of hydrogen-bond acceptors (Lipinski definition) is 4. The summed E-state index contributed by atoms with van der Waals surface area (Å²) in [5, 5.41) is 14.4. The van der Waals surface area contributed by atoms with Crippen molar-refractivity contribution < 1.29 is 14.7 Å². The van der Waals surface area contributed by atoms with E-state index in [0.29, 0.717) is 22.1 Å². The monoisotopic (exact) mass is 355 g/mol. The zero-order valence-electron chi connectivity index (χ0n) is 11.5. The van der Waals surface area contributed by atoms with E-state index in [2.05, 4.69) is 26.4 Å². The Morgan fingerprint density at radius 1 is 1.57 bits per heavy atom. The van der Waals surface area contributed by atoms with Crippen LogP contribution < -0.4 is 11.1 Å². The number of nitrogens with one attached hydrogen (secondary N) is 1. The molecule has 1 fully saturated rings. The van der Waals surface area contributed by atoms with E-state index in [9.17, 15) is 4.79 Å². The first-order chi connectivity index (χ1) is 10.1. The molecule has 1 aliphatic heterocycles. The number of carbonyl (C=O) groups is 1. The Labute approximate surface area is 131 Å². The van der Waals surface area contributed by atoms with Crippen molar-refractivity contribution in [3.8, 4) is 0 Å². The predicted molar refractivity (Wildman–Crippen MR) is 83.5 cm³/mol. The number of hydrogen-bond donors (Lipinski definition) is 3. The van der Waals surface area contributed by atoms with Crippen molar-refractivity contribution >= 4 is 33.4 Å². The van der Waals surface area contributed by atoms with Gasteiger partial charge in [-0.05, 0) is 53.4 Å². The van der Waals surface area contributed by atoms with Gasteiger partial charge < -0.3 is 21.0 Å². The normalized spacial score (nSPS) is 18.7. The maximum Gasteiger partial charge on any atom is 0.224 e. The Balaban J connectivity index is 1.91. The summed E-state index contributed by atoms with van der Waals surface area (Å²) in [5.41, 5.74) is 6.74. The second-order valence-electron chi connectivity index (χ2n) is 4.90. The molecule has 1 aliphatic rings. The van der Waals surface area contributed by atoms with Gasteiger partial charge in [0, 0.05) is 23.1 Å². The van der Waals surface area contributed by atoms with E-state index >= 15 is 0 Å². The molecule has 0 aromatic heterocycles. The summed E-state index contributed by atoms with van der Waals surface area (Å²) in [7, 11) is 0. The summed E-state index contributed by atoms with van der Waals surface area (Å²) in [6, 6.07) is 5.07. The lowest BCUT2D eigenvalue weighted by Gasteiger charge is -2.11. The van der Waals surface area contributed by atoms with Crippen LogP contribution in [0, 0.1) is 0 Å². The van der Waals surface area contributed by atoms with Crippen molar-refractivity contribution in [3.05, 3.63) is 28.2 Å². The van der Waals surface area contributed by atoms with Gasteiger partial charge in [0.15, 0.2) is 5.84 Å². The summed E-state index contributed by atoms with van der Waals surface area (Å²) >= 11 is 3.36. The van der Waals surface area contributed by atoms with Crippen LogP contribution in [0.4, 0.5) is 5.69 Å². The third kappa shape index (κ3) is 4.44. The van der Waals surface area contributed by atoms with Crippen LogP contribution in [-0.4, -0.2) is 29.7 Å². The quantitative estimate of drug-likeness (QED) is 0.327. The number of amides is 1. The molecule has 1 aromatic rings. The van der Waals surface area contributed by atoms with Crippen LogP contribution in [-0.2, 0) is 9.53 Å². The summed E-state index contributed by atoms with van der Waals surface area (Å²) in [4.78, 5) is 11.9. The lowest BCUT2D eigenvalue weighted by molar-refractivity contribution is -0.116. The van der Waals surface area contributed by atoms with Crippen molar-refractivity contribution in [2.45, 2.75) is 31.8 Å². The predicted octanol–water partition coefficient (Wildman–Crippen LogP) is 2.44. The lowest BCUT2D eigenvalue weighted by Crippen LogP contribution is -2.16. The van der Waals surface area contributed by atoms with Gasteiger partial charge in [-0.2, -0.15) is 0 Å². The van der Waals surface area contributed by atoms with Crippen molar-refractivity contribution in [2.24, 2.45) is 10.9 Å². The molecule has 1 saturated heterocycles. The molecule has 0 saturated carbocycles. The van der Waals surface area contributed by atoms with Crippen LogP contribution in [0.1, 0.15) is 31.2 Å². The van der Waals surface area contributed by atoms with Crippen LogP contribution in [0.3, 0.4) is 0 Å². The fourth-order valence-corrected chi connectivity index (χ4v) is 2.69. The zero-order chi connectivity index (χ0) is 15.2. The summed E-state index contributed by atoms with van der Waals surface area (Å²) < 4.78 is 6.17. The van der Waals surface area contributed by atoms with Crippen molar-refractivity contribution in [2.75, 3.05) is 11.9 Å². The SMILES string of the molecule is N/C(=N/O)c1ccc(NC(=O)CCC2CCCO2)c(Br)c1. The first-order valence-corrected chi connectivity index (χ1v) is 7.58. The van der Waals surface area contributed by atoms with Crippen LogP contribution >= 0.6 is 15.9 Å². The minimum Gasteiger partial charge on any atom is -0.409 e. The fraction of sp³-hybridized carbons (Fsp3) is 0.429. The van der Waals surface area contributed by atoms with Gasteiger partial charge in [-0.15, -0.1) is 0 Å². The van der Waals surface area contributed by atoms with Gasteiger partial charge >= 0.3 is 0 Å². The smallest absolute Gasteiger partial charge is 0.224 e. The molecule has 1 atom stereocenters. The summed E-state index contributed by atoms with van der Waals surface area (Å²) in [5.74, 6) is -0.0327. The highest BCUT2D eigenvalue weighted by Gasteiger charge is 2.17.